The molecule has 0 saturated heterocycles. The van der Waals surface area contributed by atoms with Crippen LogP contribution >= 0.6 is 0 Å². The molecule has 1 heterocycles. The Labute approximate surface area is 110 Å². The maximum Gasteiger partial charge on any atom is 0.243 e. The van der Waals surface area contributed by atoms with Crippen molar-refractivity contribution in [3.63, 3.8) is 0 Å². The Morgan fingerprint density at radius 1 is 1.26 bits per heavy atom. The van der Waals surface area contributed by atoms with Crippen molar-refractivity contribution >= 4 is 18.0 Å². The van der Waals surface area contributed by atoms with Crippen molar-refractivity contribution in [1.29, 1.82) is 0 Å². The van der Waals surface area contributed by atoms with Crippen molar-refractivity contribution < 1.29 is 14.8 Å². The monoisotopic (exact) mass is 264 g/mol. The number of pyridine rings is 1. The molecule has 19 heavy (non-hydrogen) atoms. The Morgan fingerprint density at radius 2 is 2.00 bits per heavy atom. The number of amides is 2. The highest BCUT2D eigenvalue weighted by molar-refractivity contribution is 5.80. The number of unbranched alkanes of at least 4 members (excludes halogenated alkanes) is 1. The number of hydrogen-bond donors (Lipinski definition) is 3. The van der Waals surface area contributed by atoms with Crippen LogP contribution in [0.5, 0.6) is 0 Å². The van der Waals surface area contributed by atoms with E-state index in [-0.39, 0.29) is 18.7 Å². The molecule has 7 nitrogen and oxygen atoms in total. The van der Waals surface area contributed by atoms with Gasteiger partial charge in [0.05, 0.1) is 11.9 Å². The normalized spacial score (nSPS) is 10.4. The molecule has 0 atom stereocenters. The molecule has 0 fully saturated rings. The van der Waals surface area contributed by atoms with Crippen LogP contribution in [0, 0.1) is 0 Å². The molecule has 0 radical (unpaired) electrons. The zero-order valence-electron chi connectivity index (χ0n) is 10.4. The topological polar surface area (TPSA) is 104 Å². The van der Waals surface area contributed by atoms with Gasteiger partial charge in [-0.1, -0.05) is 6.07 Å². The van der Waals surface area contributed by atoms with Crippen molar-refractivity contribution in [1.82, 2.24) is 15.9 Å². The summed E-state index contributed by atoms with van der Waals surface area (Å²) in [5.41, 5.74) is 4.56. The van der Waals surface area contributed by atoms with Crippen LogP contribution in [0.15, 0.2) is 29.5 Å². The van der Waals surface area contributed by atoms with E-state index in [1.165, 1.54) is 11.7 Å². The van der Waals surface area contributed by atoms with Gasteiger partial charge in [0.1, 0.15) is 0 Å². The first kappa shape index (κ1) is 14.8. The second kappa shape index (κ2) is 8.76. The molecule has 7 heteroatoms. The molecular weight excluding hydrogens is 248 g/mol. The largest absolute Gasteiger partial charge is 0.289 e. The number of hydrazone groups is 1. The van der Waals surface area contributed by atoms with Gasteiger partial charge < -0.3 is 0 Å². The quantitative estimate of drug-likeness (QED) is 0.290. The Kier molecular flexibility index (Phi) is 6.81. The van der Waals surface area contributed by atoms with Gasteiger partial charge in [0, 0.05) is 19.0 Å². The minimum absolute atomic E-state index is 0.195. The Bertz CT molecular complexity index is 434. The Hall–Kier alpha value is -2.28. The summed E-state index contributed by atoms with van der Waals surface area (Å²) in [6, 6.07) is 5.38. The van der Waals surface area contributed by atoms with E-state index in [4.69, 9.17) is 5.21 Å². The lowest BCUT2D eigenvalue weighted by atomic mass is 10.2. The molecule has 0 bridgehead atoms. The zero-order chi connectivity index (χ0) is 13.9. The number of hydroxylamine groups is 1. The fourth-order valence-corrected chi connectivity index (χ4v) is 1.31. The summed E-state index contributed by atoms with van der Waals surface area (Å²) in [7, 11) is 0. The summed E-state index contributed by atoms with van der Waals surface area (Å²) in [6.07, 6.45) is 4.65. The highest BCUT2D eigenvalue weighted by Gasteiger charge is 2.02. The van der Waals surface area contributed by atoms with Crippen molar-refractivity contribution in [2.45, 2.75) is 25.7 Å². The first-order chi connectivity index (χ1) is 9.22. The fraction of sp³-hybridized carbons (Fsp3) is 0.333. The number of nitrogens with zero attached hydrogens (tertiary/aromatic N) is 2. The first-order valence-electron chi connectivity index (χ1n) is 5.88. The Balaban J connectivity index is 2.14. The second-order valence-electron chi connectivity index (χ2n) is 3.79. The number of carbonyl (C=O) groups excluding carboxylic acids is 2. The van der Waals surface area contributed by atoms with Crippen LogP contribution in [-0.4, -0.2) is 28.2 Å². The van der Waals surface area contributed by atoms with Gasteiger partial charge in [0.15, 0.2) is 0 Å². The van der Waals surface area contributed by atoms with Crippen LogP contribution in [0.4, 0.5) is 0 Å². The number of rotatable bonds is 7. The van der Waals surface area contributed by atoms with Crippen LogP contribution in [0.1, 0.15) is 31.4 Å². The van der Waals surface area contributed by atoms with Gasteiger partial charge in [-0.2, -0.15) is 5.10 Å². The van der Waals surface area contributed by atoms with Gasteiger partial charge in [0.2, 0.25) is 11.8 Å². The van der Waals surface area contributed by atoms with Crippen LogP contribution < -0.4 is 10.9 Å². The van der Waals surface area contributed by atoms with E-state index in [9.17, 15) is 9.59 Å². The third-order valence-corrected chi connectivity index (χ3v) is 2.26. The zero-order valence-corrected chi connectivity index (χ0v) is 10.4. The van der Waals surface area contributed by atoms with Gasteiger partial charge >= 0.3 is 0 Å². The SMILES string of the molecule is O=C(CCCCC(=O)N/N=C/c1ccccn1)NO. The lowest BCUT2D eigenvalue weighted by molar-refractivity contribution is -0.129. The van der Waals surface area contributed by atoms with E-state index in [2.05, 4.69) is 15.5 Å². The highest BCUT2D eigenvalue weighted by atomic mass is 16.5. The average Bonchev–Trinajstić information content (AvgIpc) is 2.44. The van der Waals surface area contributed by atoms with E-state index >= 15 is 0 Å². The standard InChI is InChI=1S/C12H16N4O3/c17-11(6-1-2-7-12(18)16-19)15-14-9-10-5-3-4-8-13-10/h3-5,8-9,19H,1-2,6-7H2,(H,15,17)(H,16,18)/b14-9+. The molecule has 0 spiro atoms. The average molecular weight is 264 g/mol. The van der Waals surface area contributed by atoms with E-state index in [1.807, 2.05) is 6.07 Å². The molecule has 0 saturated carbocycles. The second-order valence-corrected chi connectivity index (χ2v) is 3.79. The smallest absolute Gasteiger partial charge is 0.243 e. The van der Waals surface area contributed by atoms with E-state index in [0.29, 0.717) is 18.5 Å². The van der Waals surface area contributed by atoms with E-state index in [0.717, 1.165) is 0 Å². The van der Waals surface area contributed by atoms with E-state index < -0.39 is 5.91 Å². The number of aromatic nitrogens is 1. The summed E-state index contributed by atoms with van der Waals surface area (Å²) in [5, 5.41) is 12.0. The van der Waals surface area contributed by atoms with Gasteiger partial charge in [0.25, 0.3) is 0 Å². The summed E-state index contributed by atoms with van der Waals surface area (Å²) < 4.78 is 0. The third-order valence-electron chi connectivity index (χ3n) is 2.26. The molecule has 0 aliphatic heterocycles. The molecule has 0 unspecified atom stereocenters. The van der Waals surface area contributed by atoms with Gasteiger partial charge in [-0.25, -0.2) is 10.9 Å². The van der Waals surface area contributed by atoms with Gasteiger partial charge in [-0.15, -0.1) is 0 Å². The highest BCUT2D eigenvalue weighted by Crippen LogP contribution is 1.99. The summed E-state index contributed by atoms with van der Waals surface area (Å²) >= 11 is 0. The van der Waals surface area contributed by atoms with Crippen LogP contribution in [-0.2, 0) is 9.59 Å². The summed E-state index contributed by atoms with van der Waals surface area (Å²) in [4.78, 5) is 26.1. The van der Waals surface area contributed by atoms with Crippen molar-refractivity contribution in [2.24, 2.45) is 5.10 Å². The van der Waals surface area contributed by atoms with Crippen molar-refractivity contribution in [3.05, 3.63) is 30.1 Å². The lowest BCUT2D eigenvalue weighted by Crippen LogP contribution is -2.19. The molecular formula is C12H16N4O3. The first-order valence-corrected chi connectivity index (χ1v) is 5.88. The third kappa shape index (κ3) is 6.89. The van der Waals surface area contributed by atoms with Crippen molar-refractivity contribution in [3.8, 4) is 0 Å². The minimum atomic E-state index is -0.450. The van der Waals surface area contributed by atoms with E-state index in [1.54, 1.807) is 18.3 Å². The molecule has 3 N–H and O–H groups in total. The lowest BCUT2D eigenvalue weighted by Gasteiger charge is -2.00. The summed E-state index contributed by atoms with van der Waals surface area (Å²) in [6.45, 7) is 0. The minimum Gasteiger partial charge on any atom is -0.289 e. The number of carbonyl (C=O) groups is 2. The molecule has 0 aliphatic carbocycles. The van der Waals surface area contributed by atoms with Gasteiger partial charge in [-0.3, -0.25) is 19.8 Å². The Morgan fingerprint density at radius 3 is 2.63 bits per heavy atom. The molecule has 2 amide bonds. The number of nitrogens with one attached hydrogen (secondary N) is 2. The molecule has 1 aromatic rings. The predicted octanol–water partition coefficient (Wildman–Crippen LogP) is 0.598. The summed E-state index contributed by atoms with van der Waals surface area (Å²) in [5.74, 6) is -0.676. The molecule has 0 aliphatic rings. The maximum absolute atomic E-state index is 11.4. The predicted molar refractivity (Wildman–Crippen MR) is 68.4 cm³/mol. The van der Waals surface area contributed by atoms with Crippen molar-refractivity contribution in [2.75, 3.05) is 0 Å². The van der Waals surface area contributed by atoms with Gasteiger partial charge in [-0.05, 0) is 25.0 Å². The molecule has 1 rings (SSSR count). The fourth-order valence-electron chi connectivity index (χ4n) is 1.31. The maximum atomic E-state index is 11.4. The number of hydrogen-bond acceptors (Lipinski definition) is 5. The van der Waals surface area contributed by atoms with Crippen LogP contribution in [0.3, 0.4) is 0 Å². The molecule has 102 valence electrons. The molecule has 1 aromatic heterocycles. The van der Waals surface area contributed by atoms with Crippen LogP contribution in [0.25, 0.3) is 0 Å². The molecule has 0 aromatic carbocycles. The van der Waals surface area contributed by atoms with Crippen LogP contribution in [0.2, 0.25) is 0 Å².